The third-order valence-corrected chi connectivity index (χ3v) is 6.36. The van der Waals surface area contributed by atoms with E-state index < -0.39 is 5.60 Å². The summed E-state index contributed by atoms with van der Waals surface area (Å²) in [6.07, 6.45) is 6.61. The van der Waals surface area contributed by atoms with E-state index in [4.69, 9.17) is 0 Å². The molecule has 3 nitrogen and oxygen atoms in total. The van der Waals surface area contributed by atoms with Gasteiger partial charge in [0.25, 0.3) is 0 Å². The van der Waals surface area contributed by atoms with Gasteiger partial charge in [-0.2, -0.15) is 0 Å². The highest BCUT2D eigenvalue weighted by molar-refractivity contribution is 7.18. The molecule has 1 aromatic carbocycles. The van der Waals surface area contributed by atoms with Crippen molar-refractivity contribution in [3.05, 3.63) is 29.3 Å². The van der Waals surface area contributed by atoms with Gasteiger partial charge in [-0.05, 0) is 63.7 Å². The fourth-order valence-corrected chi connectivity index (χ4v) is 4.95. The molecule has 0 spiro atoms. The lowest BCUT2D eigenvalue weighted by molar-refractivity contribution is -0.0221. The van der Waals surface area contributed by atoms with Crippen LogP contribution in [0.15, 0.2) is 24.3 Å². The first-order valence-electron chi connectivity index (χ1n) is 8.07. The molecule has 0 unspecified atom stereocenters. The van der Waals surface area contributed by atoms with Crippen molar-refractivity contribution >= 4 is 21.6 Å². The third-order valence-electron chi connectivity index (χ3n) is 5.13. The van der Waals surface area contributed by atoms with E-state index in [1.165, 1.54) is 30.6 Å². The van der Waals surface area contributed by atoms with Gasteiger partial charge in [0, 0.05) is 6.04 Å². The molecule has 1 aromatic heterocycles. The van der Waals surface area contributed by atoms with Crippen molar-refractivity contribution < 1.29 is 5.11 Å². The summed E-state index contributed by atoms with van der Waals surface area (Å²) in [5, 5.41) is 12.0. The molecule has 0 radical (unpaired) electrons. The molecule has 2 heterocycles. The molecule has 1 N–H and O–H groups in total. The fraction of sp³-hybridized carbons (Fsp3) is 0.588. The van der Waals surface area contributed by atoms with E-state index in [-0.39, 0.29) is 0 Å². The maximum Gasteiger partial charge on any atom is 0.126 e. The molecule has 1 aliphatic heterocycles. The lowest BCUT2D eigenvalue weighted by atomic mass is 9.82. The minimum atomic E-state index is -0.695. The van der Waals surface area contributed by atoms with Crippen molar-refractivity contribution in [2.75, 3.05) is 13.1 Å². The average molecular weight is 302 g/mol. The summed E-state index contributed by atoms with van der Waals surface area (Å²) in [4.78, 5) is 7.31. The van der Waals surface area contributed by atoms with Crippen molar-refractivity contribution in [1.82, 2.24) is 9.88 Å². The SMILES string of the molecule is OC1(c2nc3ccccc3s2)CCC(N2CCCC2)CC1. The Kier molecular flexibility index (Phi) is 3.48. The van der Waals surface area contributed by atoms with Gasteiger partial charge in [-0.25, -0.2) is 4.98 Å². The number of aliphatic hydroxyl groups is 1. The van der Waals surface area contributed by atoms with Crippen LogP contribution in [0.2, 0.25) is 0 Å². The molecule has 0 atom stereocenters. The maximum atomic E-state index is 11.0. The molecule has 1 aliphatic carbocycles. The zero-order chi connectivity index (χ0) is 14.3. The molecule has 1 saturated carbocycles. The van der Waals surface area contributed by atoms with E-state index in [0.717, 1.165) is 36.2 Å². The van der Waals surface area contributed by atoms with Crippen molar-refractivity contribution in [2.24, 2.45) is 0 Å². The van der Waals surface area contributed by atoms with Gasteiger partial charge in [-0.15, -0.1) is 11.3 Å². The van der Waals surface area contributed by atoms with Crippen LogP contribution >= 0.6 is 11.3 Å². The maximum absolute atomic E-state index is 11.0. The monoisotopic (exact) mass is 302 g/mol. The third kappa shape index (κ3) is 2.50. The van der Waals surface area contributed by atoms with Crippen LogP contribution in [0.3, 0.4) is 0 Å². The van der Waals surface area contributed by atoms with Gasteiger partial charge in [0.2, 0.25) is 0 Å². The first-order valence-corrected chi connectivity index (χ1v) is 8.89. The Labute approximate surface area is 129 Å². The van der Waals surface area contributed by atoms with Crippen LogP contribution in [0, 0.1) is 0 Å². The van der Waals surface area contributed by atoms with Gasteiger partial charge >= 0.3 is 0 Å². The summed E-state index contributed by atoms with van der Waals surface area (Å²) >= 11 is 1.66. The standard InChI is InChI=1S/C17H22N2OS/c20-17(16-18-14-5-1-2-6-15(14)21-16)9-7-13(8-10-17)19-11-3-4-12-19/h1-2,5-6,13,20H,3-4,7-12H2. The average Bonchev–Trinajstić information content (AvgIpc) is 3.17. The minimum absolute atomic E-state index is 0.683. The molecule has 1 saturated heterocycles. The molecule has 0 bridgehead atoms. The molecule has 112 valence electrons. The number of benzene rings is 1. The summed E-state index contributed by atoms with van der Waals surface area (Å²) in [7, 11) is 0. The lowest BCUT2D eigenvalue weighted by Crippen LogP contribution is -2.41. The number of para-hydroxylation sites is 1. The summed E-state index contributed by atoms with van der Waals surface area (Å²) in [5.74, 6) is 0. The van der Waals surface area contributed by atoms with E-state index in [0.29, 0.717) is 6.04 Å². The van der Waals surface area contributed by atoms with E-state index >= 15 is 0 Å². The van der Waals surface area contributed by atoms with Gasteiger partial charge < -0.3 is 10.0 Å². The van der Waals surface area contributed by atoms with E-state index in [1.807, 2.05) is 18.2 Å². The molecule has 2 aliphatic rings. The molecule has 21 heavy (non-hydrogen) atoms. The second-order valence-corrected chi connectivity index (χ2v) is 7.52. The Hall–Kier alpha value is -0.970. The van der Waals surface area contributed by atoms with E-state index in [1.54, 1.807) is 11.3 Å². The second-order valence-electron chi connectivity index (χ2n) is 6.49. The smallest absolute Gasteiger partial charge is 0.126 e. The predicted octanol–water partition coefficient (Wildman–Crippen LogP) is 3.52. The Balaban J connectivity index is 1.52. The highest BCUT2D eigenvalue weighted by Gasteiger charge is 2.39. The van der Waals surface area contributed by atoms with Crippen molar-refractivity contribution in [1.29, 1.82) is 0 Å². The summed E-state index contributed by atoms with van der Waals surface area (Å²) in [6.45, 7) is 2.51. The number of thiazole rings is 1. The molecule has 2 aromatic rings. The topological polar surface area (TPSA) is 36.4 Å². The molecular weight excluding hydrogens is 280 g/mol. The highest BCUT2D eigenvalue weighted by atomic mass is 32.1. The summed E-state index contributed by atoms with van der Waals surface area (Å²) < 4.78 is 1.18. The van der Waals surface area contributed by atoms with Crippen molar-refractivity contribution in [3.8, 4) is 0 Å². The molecule has 4 rings (SSSR count). The minimum Gasteiger partial charge on any atom is -0.383 e. The summed E-state index contributed by atoms with van der Waals surface area (Å²) in [6, 6.07) is 8.87. The first kappa shape index (κ1) is 13.7. The van der Waals surface area contributed by atoms with Gasteiger partial charge in [0.15, 0.2) is 0 Å². The second kappa shape index (κ2) is 5.34. The number of nitrogens with zero attached hydrogens (tertiary/aromatic N) is 2. The van der Waals surface area contributed by atoms with Crippen LogP contribution in [0.1, 0.15) is 43.5 Å². The Bertz CT molecular complexity index is 592. The van der Waals surface area contributed by atoms with Crippen LogP contribution in [-0.4, -0.2) is 34.1 Å². The van der Waals surface area contributed by atoms with Gasteiger partial charge in [0.05, 0.1) is 10.2 Å². The van der Waals surface area contributed by atoms with Crippen molar-refractivity contribution in [3.63, 3.8) is 0 Å². The first-order chi connectivity index (χ1) is 10.2. The normalized spacial score (nSPS) is 31.0. The zero-order valence-corrected chi connectivity index (χ0v) is 13.1. The molecular formula is C17H22N2OS. The van der Waals surface area contributed by atoms with Crippen LogP contribution < -0.4 is 0 Å². The Morgan fingerprint density at radius 3 is 2.57 bits per heavy atom. The van der Waals surface area contributed by atoms with E-state index in [2.05, 4.69) is 16.0 Å². The number of hydrogen-bond donors (Lipinski definition) is 1. The quantitative estimate of drug-likeness (QED) is 0.922. The number of hydrogen-bond acceptors (Lipinski definition) is 4. The number of rotatable bonds is 2. The van der Waals surface area contributed by atoms with Crippen LogP contribution in [0.25, 0.3) is 10.2 Å². The van der Waals surface area contributed by atoms with Crippen LogP contribution in [0.5, 0.6) is 0 Å². The lowest BCUT2D eigenvalue weighted by Gasteiger charge is -2.38. The molecule has 0 amide bonds. The van der Waals surface area contributed by atoms with E-state index in [9.17, 15) is 5.11 Å². The molecule has 2 fully saturated rings. The van der Waals surface area contributed by atoms with Crippen LogP contribution in [-0.2, 0) is 5.60 Å². The highest BCUT2D eigenvalue weighted by Crippen LogP contribution is 2.41. The summed E-state index contributed by atoms with van der Waals surface area (Å²) in [5.41, 5.74) is 0.326. The largest absolute Gasteiger partial charge is 0.383 e. The van der Waals surface area contributed by atoms with Gasteiger partial charge in [-0.1, -0.05) is 12.1 Å². The van der Waals surface area contributed by atoms with Crippen LogP contribution in [0.4, 0.5) is 0 Å². The zero-order valence-electron chi connectivity index (χ0n) is 12.3. The van der Waals surface area contributed by atoms with Crippen molar-refractivity contribution in [2.45, 2.75) is 50.2 Å². The number of aromatic nitrogens is 1. The molecule has 4 heteroatoms. The predicted molar refractivity (Wildman–Crippen MR) is 86.6 cm³/mol. The number of fused-ring (bicyclic) bond motifs is 1. The number of likely N-dealkylation sites (tertiary alicyclic amines) is 1. The fourth-order valence-electron chi connectivity index (χ4n) is 3.84. The van der Waals surface area contributed by atoms with Gasteiger partial charge in [-0.3, -0.25) is 0 Å². The Morgan fingerprint density at radius 2 is 1.86 bits per heavy atom. The Morgan fingerprint density at radius 1 is 1.14 bits per heavy atom. The van der Waals surface area contributed by atoms with Gasteiger partial charge in [0.1, 0.15) is 10.6 Å².